The lowest BCUT2D eigenvalue weighted by Gasteiger charge is -2.27. The van der Waals surface area contributed by atoms with Gasteiger partial charge in [0.2, 0.25) is 11.5 Å². The molecule has 0 bridgehead atoms. The molecule has 1 fully saturated rings. The molecule has 3 rings (SSSR count). The van der Waals surface area contributed by atoms with Crippen LogP contribution in [0.25, 0.3) is 0 Å². The van der Waals surface area contributed by atoms with Gasteiger partial charge < -0.3 is 19.9 Å². The molecular formula is C21H22F3N5O5. The number of ketones is 1. The molecule has 1 saturated heterocycles. The third kappa shape index (κ3) is 4.64. The first kappa shape index (κ1) is 24.9. The minimum atomic E-state index is -3.43. The topological polar surface area (TPSA) is 136 Å². The quantitative estimate of drug-likeness (QED) is 0.507. The Morgan fingerprint density at radius 1 is 1.15 bits per heavy atom. The lowest BCUT2D eigenvalue weighted by molar-refractivity contribution is -0.147. The molecule has 0 spiro atoms. The van der Waals surface area contributed by atoms with Crippen molar-refractivity contribution in [2.24, 2.45) is 0 Å². The largest absolute Gasteiger partial charge is 0.501 e. The normalized spacial score (nSPS) is 19.0. The molecule has 3 N–H and O–H groups in total. The zero-order valence-corrected chi connectivity index (χ0v) is 18.5. The van der Waals surface area contributed by atoms with Crippen molar-refractivity contribution in [3.63, 3.8) is 0 Å². The molecular weight excluding hydrogens is 459 g/mol. The van der Waals surface area contributed by atoms with Gasteiger partial charge in [-0.05, 0) is 17.7 Å². The monoisotopic (exact) mass is 481 g/mol. The van der Waals surface area contributed by atoms with Crippen LogP contribution in [0, 0.1) is 5.82 Å². The van der Waals surface area contributed by atoms with Gasteiger partial charge in [0.15, 0.2) is 11.2 Å². The number of nitrogens with zero attached hydrogens (tertiary/aromatic N) is 3. The van der Waals surface area contributed by atoms with Crippen LogP contribution >= 0.6 is 0 Å². The number of rotatable bonds is 6. The van der Waals surface area contributed by atoms with Crippen molar-refractivity contribution < 1.29 is 32.7 Å². The first-order valence-electron chi connectivity index (χ1n) is 10.00. The number of carbonyl (C=O) groups excluding carboxylic acids is 3. The summed E-state index contributed by atoms with van der Waals surface area (Å²) in [4.78, 5) is 58.4. The number of benzene rings is 1. The molecule has 1 aromatic carbocycles. The van der Waals surface area contributed by atoms with Crippen LogP contribution in [0.5, 0.6) is 5.75 Å². The number of carbonyl (C=O) groups is 3. The molecule has 2 heterocycles. The molecule has 13 heteroatoms. The maximum Gasteiger partial charge on any atom is 0.294 e. The maximum absolute atomic E-state index is 14.2. The highest BCUT2D eigenvalue weighted by Crippen LogP contribution is 2.39. The van der Waals surface area contributed by atoms with E-state index in [9.17, 15) is 37.5 Å². The van der Waals surface area contributed by atoms with Gasteiger partial charge in [-0.1, -0.05) is 12.1 Å². The first-order valence-corrected chi connectivity index (χ1v) is 10.00. The van der Waals surface area contributed by atoms with Gasteiger partial charge in [0.05, 0.1) is 6.54 Å². The third-order valence-corrected chi connectivity index (χ3v) is 5.34. The van der Waals surface area contributed by atoms with Crippen LogP contribution < -0.4 is 10.9 Å². The van der Waals surface area contributed by atoms with E-state index in [-0.39, 0.29) is 6.54 Å². The second-order valence-electron chi connectivity index (χ2n) is 8.22. The lowest BCUT2D eigenvalue weighted by atomic mass is 9.89. The first-order chi connectivity index (χ1) is 15.8. The Kier molecular flexibility index (Phi) is 6.51. The number of hydrogen-bond donors (Lipinski definition) is 3. The molecule has 182 valence electrons. The van der Waals surface area contributed by atoms with Gasteiger partial charge in [-0.3, -0.25) is 24.5 Å². The van der Waals surface area contributed by atoms with Crippen LogP contribution in [0.3, 0.4) is 0 Å². The number of hydrogen-bond acceptors (Lipinski definition) is 7. The van der Waals surface area contributed by atoms with E-state index in [1.165, 1.54) is 45.4 Å². The standard InChI is InChI=1S/C21H22F3N5O5/c1-28(2)18(34)15(31)21(9-20(23,24)10-25-21)19-26-13(14(30)16(32)27-19)17(33)29(3)8-11-4-6-12(22)7-5-11/h4-7,25,30H,8-10H2,1-3H3,(H,26,27,32)/t21-/m1/s1. The predicted octanol–water partition coefficient (Wildman–Crippen LogP) is 0.368. The molecule has 0 saturated carbocycles. The Morgan fingerprint density at radius 2 is 1.76 bits per heavy atom. The summed E-state index contributed by atoms with van der Waals surface area (Å²) in [5.41, 5.74) is -3.97. The highest BCUT2D eigenvalue weighted by Gasteiger charge is 2.58. The van der Waals surface area contributed by atoms with Crippen molar-refractivity contribution in [2.45, 2.75) is 24.4 Å². The van der Waals surface area contributed by atoms with Gasteiger partial charge in [-0.25, -0.2) is 18.2 Å². The van der Waals surface area contributed by atoms with Crippen molar-refractivity contribution in [1.29, 1.82) is 0 Å². The number of amides is 2. The van der Waals surface area contributed by atoms with Crippen molar-refractivity contribution >= 4 is 17.6 Å². The number of halogens is 3. The molecule has 0 aliphatic carbocycles. The van der Waals surface area contributed by atoms with Gasteiger partial charge in [0, 0.05) is 34.1 Å². The van der Waals surface area contributed by atoms with Crippen LogP contribution in [-0.4, -0.2) is 76.1 Å². The minimum Gasteiger partial charge on any atom is -0.501 e. The molecule has 0 radical (unpaired) electrons. The number of likely N-dealkylation sites (N-methyl/N-ethyl adjacent to an activating group) is 1. The van der Waals surface area contributed by atoms with Crippen LogP contribution in [0.2, 0.25) is 0 Å². The van der Waals surface area contributed by atoms with Gasteiger partial charge >= 0.3 is 0 Å². The number of H-pyrrole nitrogens is 1. The Morgan fingerprint density at radius 3 is 2.29 bits per heavy atom. The molecule has 1 aliphatic rings. The van der Waals surface area contributed by atoms with Crippen molar-refractivity contribution in [1.82, 2.24) is 25.1 Å². The highest BCUT2D eigenvalue weighted by atomic mass is 19.3. The predicted molar refractivity (Wildman–Crippen MR) is 112 cm³/mol. The van der Waals surface area contributed by atoms with Crippen molar-refractivity contribution in [3.8, 4) is 5.75 Å². The average molecular weight is 481 g/mol. The SMILES string of the molecule is CN(C)C(=O)C(=O)[C@@]1(c2nc(C(=O)N(C)Cc3ccc(F)cc3)c(O)c(=O)[nH]2)CC(F)(F)CN1. The Labute approximate surface area is 191 Å². The van der Waals surface area contributed by atoms with Crippen LogP contribution in [0.1, 0.15) is 28.3 Å². The van der Waals surface area contributed by atoms with Crippen molar-refractivity contribution in [3.05, 3.63) is 57.5 Å². The number of alkyl halides is 2. The van der Waals surface area contributed by atoms with Crippen LogP contribution in [-0.2, 0) is 21.7 Å². The van der Waals surface area contributed by atoms with E-state index in [4.69, 9.17) is 0 Å². The fraction of sp³-hybridized carbons (Fsp3) is 0.381. The number of aromatic hydroxyl groups is 1. The lowest BCUT2D eigenvalue weighted by Crippen LogP contribution is -2.53. The molecule has 1 aromatic heterocycles. The van der Waals surface area contributed by atoms with E-state index in [1.54, 1.807) is 0 Å². The highest BCUT2D eigenvalue weighted by molar-refractivity contribution is 6.39. The summed E-state index contributed by atoms with van der Waals surface area (Å²) >= 11 is 0. The van der Waals surface area contributed by atoms with E-state index in [1.807, 2.05) is 4.98 Å². The minimum absolute atomic E-state index is 0.0676. The molecule has 2 amide bonds. The summed E-state index contributed by atoms with van der Waals surface area (Å²) in [6.45, 7) is -1.06. The number of aromatic amines is 1. The van der Waals surface area contributed by atoms with E-state index in [2.05, 4.69) is 10.3 Å². The summed E-state index contributed by atoms with van der Waals surface area (Å²) in [6, 6.07) is 5.19. The van der Waals surface area contributed by atoms with E-state index < -0.39 is 70.7 Å². The summed E-state index contributed by atoms with van der Waals surface area (Å²) in [6.07, 6.45) is -1.20. The third-order valence-electron chi connectivity index (χ3n) is 5.34. The molecule has 0 unspecified atom stereocenters. The fourth-order valence-electron chi connectivity index (χ4n) is 3.55. The zero-order valence-electron chi connectivity index (χ0n) is 18.5. The van der Waals surface area contributed by atoms with Gasteiger partial charge in [0.25, 0.3) is 23.3 Å². The molecule has 2 aromatic rings. The molecule has 1 aliphatic heterocycles. The number of Topliss-reactive ketones (excluding diaryl/α,β-unsaturated/α-hetero) is 1. The fourth-order valence-corrected chi connectivity index (χ4v) is 3.55. The van der Waals surface area contributed by atoms with Crippen LogP contribution in [0.15, 0.2) is 29.1 Å². The molecule has 10 nitrogen and oxygen atoms in total. The molecule has 34 heavy (non-hydrogen) atoms. The summed E-state index contributed by atoms with van der Waals surface area (Å²) < 4.78 is 41.5. The Bertz CT molecular complexity index is 1200. The molecule has 1 atom stereocenters. The second kappa shape index (κ2) is 8.89. The summed E-state index contributed by atoms with van der Waals surface area (Å²) in [7, 11) is 3.80. The average Bonchev–Trinajstić information content (AvgIpc) is 3.11. The van der Waals surface area contributed by atoms with Gasteiger partial charge in [-0.2, -0.15) is 0 Å². The Hall–Kier alpha value is -3.74. The summed E-state index contributed by atoms with van der Waals surface area (Å²) in [5, 5.41) is 12.5. The van der Waals surface area contributed by atoms with E-state index in [0.29, 0.717) is 5.56 Å². The second-order valence-corrected chi connectivity index (χ2v) is 8.22. The maximum atomic E-state index is 14.2. The van der Waals surface area contributed by atoms with Crippen molar-refractivity contribution in [2.75, 3.05) is 27.7 Å². The van der Waals surface area contributed by atoms with Gasteiger partial charge in [-0.15, -0.1) is 0 Å². The van der Waals surface area contributed by atoms with E-state index in [0.717, 1.165) is 9.80 Å². The number of nitrogens with one attached hydrogen (secondary N) is 2. The van der Waals surface area contributed by atoms with Crippen LogP contribution in [0.4, 0.5) is 13.2 Å². The number of aromatic nitrogens is 2. The van der Waals surface area contributed by atoms with E-state index >= 15 is 0 Å². The van der Waals surface area contributed by atoms with Gasteiger partial charge in [0.1, 0.15) is 11.6 Å². The smallest absolute Gasteiger partial charge is 0.294 e. The Balaban J connectivity index is 2.05. The summed E-state index contributed by atoms with van der Waals surface area (Å²) in [5.74, 6) is -9.14. The zero-order chi connectivity index (χ0) is 25.4.